The second-order valence-corrected chi connectivity index (χ2v) is 8.27. The first kappa shape index (κ1) is 18.2. The minimum absolute atomic E-state index is 0.0320. The van der Waals surface area contributed by atoms with Crippen LogP contribution in [-0.4, -0.2) is 19.5 Å². The van der Waals surface area contributed by atoms with Crippen molar-refractivity contribution in [3.8, 4) is 0 Å². The van der Waals surface area contributed by atoms with Crippen LogP contribution >= 0.6 is 11.3 Å². The molecule has 2 aromatic carbocycles. The van der Waals surface area contributed by atoms with Gasteiger partial charge in [0.05, 0.1) is 11.1 Å². The van der Waals surface area contributed by atoms with Crippen LogP contribution in [-0.2, 0) is 16.2 Å². The number of anilines is 1. The maximum absolute atomic E-state index is 12.9. The standard InChI is InChI=1S/C16H10F3NO4S2/c17-16(18,19)12-6-5-10(8-11(12)15(21)22)20-26(23,24)14-7-9-3-1-2-4-13(9)25-14/h1-8,20H,(H,21,22). The summed E-state index contributed by atoms with van der Waals surface area (Å²) in [6.45, 7) is 0. The quantitative estimate of drug-likeness (QED) is 0.678. The largest absolute Gasteiger partial charge is 0.478 e. The summed E-state index contributed by atoms with van der Waals surface area (Å²) in [5.74, 6) is -1.81. The number of halogens is 3. The van der Waals surface area contributed by atoms with E-state index in [9.17, 15) is 26.4 Å². The van der Waals surface area contributed by atoms with Crippen LogP contribution in [0.5, 0.6) is 0 Å². The predicted molar refractivity (Wildman–Crippen MR) is 91.0 cm³/mol. The van der Waals surface area contributed by atoms with Crippen molar-refractivity contribution in [1.82, 2.24) is 0 Å². The Morgan fingerprint density at radius 3 is 2.38 bits per heavy atom. The molecule has 0 radical (unpaired) electrons. The normalized spacial score (nSPS) is 12.3. The smallest absolute Gasteiger partial charge is 0.417 e. The lowest BCUT2D eigenvalue weighted by molar-refractivity contribution is -0.138. The number of aromatic carboxylic acids is 1. The lowest BCUT2D eigenvalue weighted by Gasteiger charge is -2.12. The Balaban J connectivity index is 1.99. The summed E-state index contributed by atoms with van der Waals surface area (Å²) in [7, 11) is -4.07. The topological polar surface area (TPSA) is 83.5 Å². The van der Waals surface area contributed by atoms with Gasteiger partial charge in [-0.3, -0.25) is 4.72 Å². The van der Waals surface area contributed by atoms with Crippen molar-refractivity contribution in [2.75, 3.05) is 4.72 Å². The molecule has 0 aliphatic heterocycles. The zero-order valence-corrected chi connectivity index (χ0v) is 14.4. The van der Waals surface area contributed by atoms with Gasteiger partial charge in [0.25, 0.3) is 10.0 Å². The fourth-order valence-electron chi connectivity index (χ4n) is 2.33. The second-order valence-electron chi connectivity index (χ2n) is 5.27. The Hall–Kier alpha value is -2.59. The van der Waals surface area contributed by atoms with E-state index in [2.05, 4.69) is 4.72 Å². The lowest BCUT2D eigenvalue weighted by atomic mass is 10.1. The first-order valence-electron chi connectivity index (χ1n) is 7.04. The molecule has 0 aliphatic carbocycles. The van der Waals surface area contributed by atoms with Gasteiger partial charge in [-0.15, -0.1) is 11.3 Å². The van der Waals surface area contributed by atoms with Crippen LogP contribution in [0.15, 0.2) is 52.7 Å². The van der Waals surface area contributed by atoms with Gasteiger partial charge in [-0.05, 0) is 35.7 Å². The maximum Gasteiger partial charge on any atom is 0.417 e. The molecule has 0 unspecified atom stereocenters. The molecule has 0 atom stereocenters. The average Bonchev–Trinajstić information content (AvgIpc) is 2.98. The fraction of sp³-hybridized carbons (Fsp3) is 0.0625. The Bertz CT molecular complexity index is 1070. The number of benzene rings is 2. The highest BCUT2D eigenvalue weighted by molar-refractivity contribution is 7.94. The molecular weight excluding hydrogens is 391 g/mol. The maximum atomic E-state index is 12.9. The van der Waals surface area contributed by atoms with E-state index >= 15 is 0 Å². The molecule has 0 fully saturated rings. The van der Waals surface area contributed by atoms with Gasteiger partial charge >= 0.3 is 12.1 Å². The van der Waals surface area contributed by atoms with Crippen molar-refractivity contribution in [2.45, 2.75) is 10.4 Å². The van der Waals surface area contributed by atoms with Crippen LogP contribution in [0.2, 0.25) is 0 Å². The Morgan fingerprint density at radius 2 is 1.77 bits per heavy atom. The van der Waals surface area contributed by atoms with Crippen LogP contribution in [0.25, 0.3) is 10.1 Å². The molecule has 0 amide bonds. The van der Waals surface area contributed by atoms with Crippen LogP contribution in [0.3, 0.4) is 0 Å². The molecule has 3 rings (SSSR count). The molecule has 1 heterocycles. The number of alkyl halides is 3. The molecule has 0 bridgehead atoms. The number of nitrogens with one attached hydrogen (secondary N) is 1. The van der Waals surface area contributed by atoms with Gasteiger partial charge in [-0.2, -0.15) is 13.2 Å². The van der Waals surface area contributed by atoms with E-state index in [1.807, 2.05) is 0 Å². The van der Waals surface area contributed by atoms with E-state index in [0.717, 1.165) is 22.1 Å². The fourth-order valence-corrected chi connectivity index (χ4v) is 4.77. The van der Waals surface area contributed by atoms with E-state index in [4.69, 9.17) is 5.11 Å². The molecule has 26 heavy (non-hydrogen) atoms. The molecule has 3 aromatic rings. The van der Waals surface area contributed by atoms with Crippen LogP contribution < -0.4 is 4.72 Å². The summed E-state index contributed by atoms with van der Waals surface area (Å²) >= 11 is 0.995. The van der Waals surface area contributed by atoms with Gasteiger partial charge in [0, 0.05) is 10.4 Å². The highest BCUT2D eigenvalue weighted by atomic mass is 32.2. The Labute approximate surface area is 149 Å². The highest BCUT2D eigenvalue weighted by Crippen LogP contribution is 2.34. The van der Waals surface area contributed by atoms with E-state index in [1.54, 1.807) is 24.3 Å². The Morgan fingerprint density at radius 1 is 1.08 bits per heavy atom. The van der Waals surface area contributed by atoms with E-state index in [1.165, 1.54) is 6.07 Å². The van der Waals surface area contributed by atoms with Crippen LogP contribution in [0.4, 0.5) is 18.9 Å². The van der Waals surface area contributed by atoms with Gasteiger partial charge in [0.2, 0.25) is 0 Å². The average molecular weight is 401 g/mol. The zero-order valence-electron chi connectivity index (χ0n) is 12.7. The SMILES string of the molecule is O=C(O)c1cc(NS(=O)(=O)c2cc3ccccc3s2)ccc1C(F)(F)F. The zero-order chi connectivity index (χ0) is 19.1. The molecule has 0 aliphatic rings. The minimum Gasteiger partial charge on any atom is -0.478 e. The number of carboxylic acid groups (broad SMARTS) is 1. The molecule has 1 aromatic heterocycles. The van der Waals surface area contributed by atoms with Gasteiger partial charge in [0.15, 0.2) is 0 Å². The summed E-state index contributed by atoms with van der Waals surface area (Å²) in [6, 6.07) is 10.4. The number of thiophene rings is 1. The molecule has 0 spiro atoms. The third-order valence-corrected chi connectivity index (χ3v) is 6.45. The van der Waals surface area contributed by atoms with E-state index < -0.39 is 33.3 Å². The molecule has 0 saturated carbocycles. The third-order valence-electron chi connectivity index (χ3n) is 3.48. The number of hydrogen-bond donors (Lipinski definition) is 2. The molecular formula is C16H10F3NO4S2. The summed E-state index contributed by atoms with van der Waals surface area (Å²) in [5, 5.41) is 9.69. The van der Waals surface area contributed by atoms with Crippen molar-refractivity contribution < 1.29 is 31.5 Å². The number of fused-ring (bicyclic) bond motifs is 1. The summed E-state index contributed by atoms with van der Waals surface area (Å²) in [6.07, 6.45) is -4.86. The number of sulfonamides is 1. The van der Waals surface area contributed by atoms with Crippen molar-refractivity contribution in [2.24, 2.45) is 0 Å². The first-order valence-corrected chi connectivity index (χ1v) is 9.34. The van der Waals surface area contributed by atoms with Crippen LogP contribution in [0, 0.1) is 0 Å². The molecule has 10 heteroatoms. The van der Waals surface area contributed by atoms with Crippen molar-refractivity contribution in [3.63, 3.8) is 0 Å². The number of rotatable bonds is 4. The highest BCUT2D eigenvalue weighted by Gasteiger charge is 2.35. The first-order chi connectivity index (χ1) is 12.1. The summed E-state index contributed by atoms with van der Waals surface area (Å²) in [4.78, 5) is 11.1. The summed E-state index contributed by atoms with van der Waals surface area (Å²) in [5.41, 5.74) is -2.66. The van der Waals surface area contributed by atoms with Crippen molar-refractivity contribution in [3.05, 3.63) is 59.7 Å². The number of carboxylic acids is 1. The number of carbonyl (C=O) groups is 1. The Kier molecular flexibility index (Phi) is 4.41. The van der Waals surface area contributed by atoms with Crippen molar-refractivity contribution in [1.29, 1.82) is 0 Å². The minimum atomic E-state index is -4.86. The third kappa shape index (κ3) is 3.51. The van der Waals surface area contributed by atoms with Gasteiger partial charge in [-0.25, -0.2) is 13.2 Å². The monoisotopic (exact) mass is 401 g/mol. The predicted octanol–water partition coefficient (Wildman–Crippen LogP) is 4.42. The van der Waals surface area contributed by atoms with Crippen molar-refractivity contribution >= 4 is 43.1 Å². The molecule has 5 nitrogen and oxygen atoms in total. The molecule has 2 N–H and O–H groups in total. The van der Waals surface area contributed by atoms with E-state index in [0.29, 0.717) is 17.5 Å². The van der Waals surface area contributed by atoms with Gasteiger partial charge < -0.3 is 5.11 Å². The van der Waals surface area contributed by atoms with Gasteiger partial charge in [0.1, 0.15) is 4.21 Å². The summed E-state index contributed by atoms with van der Waals surface area (Å²) < 4.78 is 66.3. The van der Waals surface area contributed by atoms with E-state index in [-0.39, 0.29) is 9.90 Å². The number of hydrogen-bond acceptors (Lipinski definition) is 4. The van der Waals surface area contributed by atoms with Gasteiger partial charge in [-0.1, -0.05) is 18.2 Å². The molecule has 0 saturated heterocycles. The molecule has 136 valence electrons. The second kappa shape index (κ2) is 6.29. The lowest BCUT2D eigenvalue weighted by Crippen LogP contribution is -2.15. The van der Waals surface area contributed by atoms with Crippen LogP contribution in [0.1, 0.15) is 15.9 Å².